The highest BCUT2D eigenvalue weighted by Crippen LogP contribution is 2.28. The van der Waals surface area contributed by atoms with Crippen LogP contribution in [-0.2, 0) is 11.8 Å². The van der Waals surface area contributed by atoms with Gasteiger partial charge in [0.25, 0.3) is 0 Å². The average Bonchev–Trinajstić information content (AvgIpc) is 2.46. The molecule has 1 aromatic rings. The van der Waals surface area contributed by atoms with Crippen molar-refractivity contribution in [1.29, 1.82) is 0 Å². The normalized spacial score (nSPS) is 23.5. The Bertz CT molecular complexity index is 330. The molecule has 3 nitrogen and oxygen atoms in total. The molecule has 76 valence electrons. The van der Waals surface area contributed by atoms with E-state index in [0.29, 0.717) is 5.78 Å². The van der Waals surface area contributed by atoms with Gasteiger partial charge in [-0.1, -0.05) is 12.8 Å². The van der Waals surface area contributed by atoms with Gasteiger partial charge in [0.05, 0.1) is 6.20 Å². The zero-order valence-corrected chi connectivity index (χ0v) is 8.57. The summed E-state index contributed by atoms with van der Waals surface area (Å²) in [5.41, 5.74) is 1.10. The van der Waals surface area contributed by atoms with Gasteiger partial charge in [-0.15, -0.1) is 0 Å². The molecule has 0 aromatic carbocycles. The van der Waals surface area contributed by atoms with E-state index >= 15 is 0 Å². The van der Waals surface area contributed by atoms with Gasteiger partial charge in [-0.05, 0) is 12.8 Å². The Labute approximate surface area is 84.1 Å². The summed E-state index contributed by atoms with van der Waals surface area (Å²) in [7, 11) is 1.89. The van der Waals surface area contributed by atoms with Gasteiger partial charge in [-0.25, -0.2) is 0 Å². The van der Waals surface area contributed by atoms with Gasteiger partial charge in [0.15, 0.2) is 0 Å². The minimum Gasteiger partial charge on any atom is -0.299 e. The molecule has 0 radical (unpaired) electrons. The van der Waals surface area contributed by atoms with Crippen LogP contribution in [0.3, 0.4) is 0 Å². The lowest BCUT2D eigenvalue weighted by Gasteiger charge is -2.09. The number of rotatable bonds is 1. The van der Waals surface area contributed by atoms with Crippen LogP contribution in [-0.4, -0.2) is 15.6 Å². The maximum atomic E-state index is 11.8. The molecule has 1 unspecified atom stereocenters. The van der Waals surface area contributed by atoms with Gasteiger partial charge in [-0.2, -0.15) is 5.10 Å². The lowest BCUT2D eigenvalue weighted by atomic mass is 9.93. The van der Waals surface area contributed by atoms with Gasteiger partial charge in [0.2, 0.25) is 0 Å². The molecule has 0 spiro atoms. The van der Waals surface area contributed by atoms with Crippen molar-refractivity contribution in [3.05, 3.63) is 18.0 Å². The highest BCUT2D eigenvalue weighted by Gasteiger charge is 2.23. The van der Waals surface area contributed by atoms with Crippen molar-refractivity contribution in [1.82, 2.24) is 9.78 Å². The monoisotopic (exact) mass is 192 g/mol. The third-order valence-corrected chi connectivity index (χ3v) is 2.93. The van der Waals surface area contributed by atoms with E-state index in [1.54, 1.807) is 4.68 Å². The summed E-state index contributed by atoms with van der Waals surface area (Å²) < 4.78 is 1.77. The molecule has 1 fully saturated rings. The van der Waals surface area contributed by atoms with Crippen molar-refractivity contribution < 1.29 is 4.79 Å². The maximum Gasteiger partial charge on any atom is 0.140 e. The molecule has 14 heavy (non-hydrogen) atoms. The third-order valence-electron chi connectivity index (χ3n) is 2.93. The Balaban J connectivity index is 2.18. The summed E-state index contributed by atoms with van der Waals surface area (Å²) in [5.74, 6) is 0.515. The lowest BCUT2D eigenvalue weighted by molar-refractivity contribution is -0.120. The molecular formula is C11H16N2O. The Hall–Kier alpha value is -1.12. The van der Waals surface area contributed by atoms with Crippen molar-refractivity contribution in [3.63, 3.8) is 0 Å². The van der Waals surface area contributed by atoms with Gasteiger partial charge >= 0.3 is 0 Å². The smallest absolute Gasteiger partial charge is 0.140 e. The molecule has 0 N–H and O–H groups in total. The number of carbonyl (C=O) groups is 1. The van der Waals surface area contributed by atoms with Crippen LogP contribution < -0.4 is 0 Å². The highest BCUT2D eigenvalue weighted by molar-refractivity contribution is 5.85. The fraction of sp³-hybridized carbons (Fsp3) is 0.636. The van der Waals surface area contributed by atoms with E-state index in [4.69, 9.17) is 0 Å². The predicted molar refractivity (Wildman–Crippen MR) is 54.0 cm³/mol. The Morgan fingerprint density at radius 1 is 1.43 bits per heavy atom. The molecule has 3 heteroatoms. The van der Waals surface area contributed by atoms with Crippen molar-refractivity contribution in [2.45, 2.75) is 38.0 Å². The summed E-state index contributed by atoms with van der Waals surface area (Å²) in [6.45, 7) is 0. The number of aromatic nitrogens is 2. The molecule has 2 rings (SSSR count). The summed E-state index contributed by atoms with van der Waals surface area (Å²) in [5, 5.41) is 4.12. The first-order valence-electron chi connectivity index (χ1n) is 5.28. The number of aryl methyl sites for hydroxylation is 1. The maximum absolute atomic E-state index is 11.8. The second-order valence-electron chi connectivity index (χ2n) is 4.07. The van der Waals surface area contributed by atoms with E-state index in [1.807, 2.05) is 19.4 Å². The number of carbonyl (C=O) groups excluding carboxylic acids is 1. The largest absolute Gasteiger partial charge is 0.299 e. The van der Waals surface area contributed by atoms with Crippen molar-refractivity contribution in [3.8, 4) is 0 Å². The Kier molecular flexibility index (Phi) is 2.66. The summed E-state index contributed by atoms with van der Waals surface area (Å²) in [6.07, 6.45) is 8.98. The Morgan fingerprint density at radius 2 is 2.29 bits per heavy atom. The summed E-state index contributed by atoms with van der Waals surface area (Å²) >= 11 is 0. The zero-order chi connectivity index (χ0) is 9.97. The number of Topliss-reactive ketones (excluding diaryl/α,β-unsaturated/α-hetero) is 1. The second kappa shape index (κ2) is 3.95. The van der Waals surface area contributed by atoms with Gasteiger partial charge < -0.3 is 0 Å². The van der Waals surface area contributed by atoms with Gasteiger partial charge in [0, 0.05) is 31.1 Å². The van der Waals surface area contributed by atoms with Crippen LogP contribution in [0.15, 0.2) is 12.4 Å². The first kappa shape index (κ1) is 9.44. The Morgan fingerprint density at radius 3 is 3.00 bits per heavy atom. The van der Waals surface area contributed by atoms with Crippen molar-refractivity contribution in [2.24, 2.45) is 7.05 Å². The molecular weight excluding hydrogens is 176 g/mol. The molecule has 0 amide bonds. The number of nitrogens with zero attached hydrogens (tertiary/aromatic N) is 2. The van der Waals surface area contributed by atoms with Crippen LogP contribution in [0.5, 0.6) is 0 Å². The molecule has 0 aliphatic heterocycles. The van der Waals surface area contributed by atoms with Crippen molar-refractivity contribution in [2.75, 3.05) is 0 Å². The quantitative estimate of drug-likeness (QED) is 0.638. The summed E-state index contributed by atoms with van der Waals surface area (Å²) in [6, 6.07) is 0. The van der Waals surface area contributed by atoms with Crippen LogP contribution in [0, 0.1) is 0 Å². The molecule has 1 atom stereocenters. The lowest BCUT2D eigenvalue weighted by Crippen LogP contribution is -2.09. The van der Waals surface area contributed by atoms with Gasteiger partial charge in [0.1, 0.15) is 5.78 Å². The molecule has 0 bridgehead atoms. The summed E-state index contributed by atoms with van der Waals surface area (Å²) in [4.78, 5) is 11.8. The molecule has 1 aliphatic carbocycles. The number of ketones is 1. The van der Waals surface area contributed by atoms with E-state index in [-0.39, 0.29) is 5.92 Å². The van der Waals surface area contributed by atoms with Crippen LogP contribution in [0.25, 0.3) is 0 Å². The minimum absolute atomic E-state index is 0.117. The SMILES string of the molecule is Cn1cc(C2CCCCCC2=O)cn1. The van der Waals surface area contributed by atoms with Crippen LogP contribution in [0.1, 0.15) is 43.6 Å². The predicted octanol–water partition coefficient (Wildman–Crippen LogP) is 2.04. The molecule has 1 aliphatic rings. The van der Waals surface area contributed by atoms with Crippen LogP contribution in [0.4, 0.5) is 0 Å². The highest BCUT2D eigenvalue weighted by atomic mass is 16.1. The van der Waals surface area contributed by atoms with Crippen LogP contribution >= 0.6 is 0 Å². The first-order chi connectivity index (χ1) is 6.77. The van der Waals surface area contributed by atoms with E-state index < -0.39 is 0 Å². The standard InChI is InChI=1S/C11H16N2O/c1-13-8-9(7-12-13)10-5-3-2-4-6-11(10)14/h7-8,10H,2-6H2,1H3. The number of hydrogen-bond donors (Lipinski definition) is 0. The van der Waals surface area contributed by atoms with E-state index in [1.165, 1.54) is 12.8 Å². The fourth-order valence-corrected chi connectivity index (χ4v) is 2.13. The minimum atomic E-state index is 0.117. The average molecular weight is 192 g/mol. The zero-order valence-electron chi connectivity index (χ0n) is 8.57. The van der Waals surface area contributed by atoms with Crippen LogP contribution in [0.2, 0.25) is 0 Å². The third kappa shape index (κ3) is 1.86. The van der Waals surface area contributed by atoms with E-state index in [0.717, 1.165) is 24.8 Å². The second-order valence-corrected chi connectivity index (χ2v) is 4.07. The van der Waals surface area contributed by atoms with Gasteiger partial charge in [-0.3, -0.25) is 9.48 Å². The first-order valence-corrected chi connectivity index (χ1v) is 5.28. The van der Waals surface area contributed by atoms with E-state index in [9.17, 15) is 4.79 Å². The number of hydrogen-bond acceptors (Lipinski definition) is 2. The molecule has 1 heterocycles. The molecule has 0 saturated heterocycles. The fourth-order valence-electron chi connectivity index (χ4n) is 2.13. The molecule has 1 aromatic heterocycles. The van der Waals surface area contributed by atoms with Crippen molar-refractivity contribution >= 4 is 5.78 Å². The van der Waals surface area contributed by atoms with E-state index in [2.05, 4.69) is 5.10 Å². The topological polar surface area (TPSA) is 34.9 Å². The molecule has 1 saturated carbocycles.